The van der Waals surface area contributed by atoms with Crippen LogP contribution in [0.3, 0.4) is 0 Å². The van der Waals surface area contributed by atoms with Gasteiger partial charge >= 0.3 is 74.8 Å². The molecule has 2 aliphatic rings. The molecule has 0 fully saturated rings. The summed E-state index contributed by atoms with van der Waals surface area (Å²) in [6.45, 7) is 0. The van der Waals surface area contributed by atoms with E-state index in [1.807, 2.05) is 0 Å². The summed E-state index contributed by atoms with van der Waals surface area (Å²) in [6, 6.07) is 0. The molecule has 0 atom stereocenters. The average Bonchev–Trinajstić information content (AvgIpc) is 2.60. The van der Waals surface area contributed by atoms with Crippen molar-refractivity contribution in [3.8, 4) is 0 Å². The Morgan fingerprint density at radius 3 is 1.82 bits per heavy atom. The minimum atomic E-state index is -0.465. The van der Waals surface area contributed by atoms with E-state index in [0.717, 1.165) is 0 Å². The van der Waals surface area contributed by atoms with Crippen molar-refractivity contribution in [1.82, 2.24) is 0 Å². The fourth-order valence-corrected chi connectivity index (χ4v) is 5.13. The summed E-state index contributed by atoms with van der Waals surface area (Å²) < 4.78 is 3.49. The van der Waals surface area contributed by atoms with Crippen molar-refractivity contribution in [3.05, 3.63) is 44.8 Å². The van der Waals surface area contributed by atoms with Crippen LogP contribution in [0.15, 0.2) is 44.8 Å². The molecule has 0 radical (unpaired) electrons. The zero-order valence-electron chi connectivity index (χ0n) is 6.59. The van der Waals surface area contributed by atoms with Crippen molar-refractivity contribution in [2.75, 3.05) is 0 Å². The number of rotatable bonds is 2. The summed E-state index contributed by atoms with van der Waals surface area (Å²) >= 11 is -0.465. The van der Waals surface area contributed by atoms with Crippen molar-refractivity contribution in [2.45, 2.75) is 12.8 Å². The van der Waals surface area contributed by atoms with E-state index in [-0.39, 0.29) is 0 Å². The molecule has 0 nitrogen and oxygen atoms in total. The fraction of sp³-hybridized carbons (Fsp3) is 0.200. The molecular formula is C10H10Zn. The maximum absolute atomic E-state index is 2.32. The van der Waals surface area contributed by atoms with Crippen LogP contribution in [-0.2, 0) is 17.1 Å². The third-order valence-electron chi connectivity index (χ3n) is 2.15. The molecule has 52 valence electrons. The average molecular weight is 196 g/mol. The molecule has 0 saturated heterocycles. The van der Waals surface area contributed by atoms with Crippen LogP contribution in [0.25, 0.3) is 0 Å². The standard InChI is InChI=1S/2C5H5.Zn/c2*1-2-4-5-3-1;/h2*1-3H,4H2;. The van der Waals surface area contributed by atoms with Gasteiger partial charge in [-0.15, -0.1) is 0 Å². The van der Waals surface area contributed by atoms with Crippen LogP contribution in [0.5, 0.6) is 0 Å². The normalized spacial score (nSPS) is 20.0. The summed E-state index contributed by atoms with van der Waals surface area (Å²) in [4.78, 5) is 0. The predicted octanol–water partition coefficient (Wildman–Crippen LogP) is 2.76. The summed E-state index contributed by atoms with van der Waals surface area (Å²) in [5, 5.41) is 0. The van der Waals surface area contributed by atoms with E-state index in [4.69, 9.17) is 0 Å². The monoisotopic (exact) mass is 194 g/mol. The molecule has 0 bridgehead atoms. The van der Waals surface area contributed by atoms with E-state index in [9.17, 15) is 0 Å². The zero-order valence-corrected chi connectivity index (χ0v) is 9.55. The first-order chi connectivity index (χ1) is 5.45. The van der Waals surface area contributed by atoms with Gasteiger partial charge in [-0.3, -0.25) is 0 Å². The van der Waals surface area contributed by atoms with Crippen LogP contribution >= 0.6 is 0 Å². The Balaban J connectivity index is 1.91. The van der Waals surface area contributed by atoms with E-state index in [1.54, 1.807) is 8.33 Å². The van der Waals surface area contributed by atoms with E-state index in [1.165, 1.54) is 12.8 Å². The topological polar surface area (TPSA) is 0 Å². The Bertz CT molecular complexity index is 239. The van der Waals surface area contributed by atoms with Crippen LogP contribution in [-0.4, -0.2) is 0 Å². The molecular weight excluding hydrogens is 185 g/mol. The number of allylic oxidation sites excluding steroid dienone is 8. The van der Waals surface area contributed by atoms with Crippen molar-refractivity contribution in [1.29, 1.82) is 0 Å². The van der Waals surface area contributed by atoms with Crippen LogP contribution < -0.4 is 0 Å². The van der Waals surface area contributed by atoms with Crippen LogP contribution in [0.2, 0.25) is 0 Å². The van der Waals surface area contributed by atoms with Crippen molar-refractivity contribution in [2.24, 2.45) is 0 Å². The summed E-state index contributed by atoms with van der Waals surface area (Å²) in [7, 11) is 0. The molecule has 0 aromatic carbocycles. The zero-order chi connectivity index (χ0) is 7.52. The van der Waals surface area contributed by atoms with Gasteiger partial charge in [-0.1, -0.05) is 0 Å². The van der Waals surface area contributed by atoms with Gasteiger partial charge in [-0.05, 0) is 0 Å². The summed E-state index contributed by atoms with van der Waals surface area (Å²) in [5.74, 6) is 0. The Kier molecular flexibility index (Phi) is 2.19. The Morgan fingerprint density at radius 1 is 0.909 bits per heavy atom. The van der Waals surface area contributed by atoms with Crippen LogP contribution in [0, 0.1) is 0 Å². The molecule has 0 aliphatic heterocycles. The molecule has 1 heteroatoms. The molecule has 0 amide bonds. The first-order valence-electron chi connectivity index (χ1n) is 4.14. The number of hydrogen-bond acceptors (Lipinski definition) is 0. The molecule has 2 rings (SSSR count). The quantitative estimate of drug-likeness (QED) is 0.595. The first kappa shape index (κ1) is 7.24. The summed E-state index contributed by atoms with van der Waals surface area (Å²) in [5.41, 5.74) is 0. The van der Waals surface area contributed by atoms with Crippen molar-refractivity contribution >= 4 is 0 Å². The Hall–Kier alpha value is -0.417. The molecule has 0 saturated carbocycles. The van der Waals surface area contributed by atoms with Gasteiger partial charge in [0.25, 0.3) is 0 Å². The SMILES string of the molecule is C1=CC[C]([Zn][C]2=CC=CC2)=C1. The molecule has 0 aromatic heterocycles. The second kappa shape index (κ2) is 3.32. The van der Waals surface area contributed by atoms with Crippen molar-refractivity contribution in [3.63, 3.8) is 0 Å². The van der Waals surface area contributed by atoms with Gasteiger partial charge in [0.2, 0.25) is 0 Å². The molecule has 11 heavy (non-hydrogen) atoms. The van der Waals surface area contributed by atoms with Crippen LogP contribution in [0.4, 0.5) is 0 Å². The van der Waals surface area contributed by atoms with Crippen LogP contribution in [0.1, 0.15) is 12.8 Å². The third kappa shape index (κ3) is 1.78. The molecule has 0 aromatic rings. The molecule has 0 spiro atoms. The predicted molar refractivity (Wildman–Crippen MR) is 43.7 cm³/mol. The van der Waals surface area contributed by atoms with Gasteiger partial charge in [0.05, 0.1) is 0 Å². The minimum absolute atomic E-state index is 0.465. The molecule has 0 unspecified atom stereocenters. The molecule has 0 heterocycles. The second-order valence-electron chi connectivity index (χ2n) is 3.09. The second-order valence-corrected chi connectivity index (χ2v) is 7.64. The van der Waals surface area contributed by atoms with Crippen molar-refractivity contribution < 1.29 is 17.1 Å². The Morgan fingerprint density at radius 2 is 1.45 bits per heavy atom. The van der Waals surface area contributed by atoms with Gasteiger partial charge in [-0.25, -0.2) is 0 Å². The summed E-state index contributed by atoms with van der Waals surface area (Å²) in [6.07, 6.45) is 16.1. The van der Waals surface area contributed by atoms with Gasteiger partial charge in [-0.2, -0.15) is 0 Å². The third-order valence-corrected chi connectivity index (χ3v) is 6.26. The van der Waals surface area contributed by atoms with E-state index in [2.05, 4.69) is 36.5 Å². The van der Waals surface area contributed by atoms with E-state index >= 15 is 0 Å². The van der Waals surface area contributed by atoms with E-state index in [0.29, 0.717) is 0 Å². The maximum atomic E-state index is 2.32. The fourth-order valence-electron chi connectivity index (χ4n) is 1.54. The van der Waals surface area contributed by atoms with Gasteiger partial charge < -0.3 is 0 Å². The molecule has 0 N–H and O–H groups in total. The van der Waals surface area contributed by atoms with Gasteiger partial charge in [0.15, 0.2) is 0 Å². The van der Waals surface area contributed by atoms with Gasteiger partial charge in [0.1, 0.15) is 0 Å². The number of hydrogen-bond donors (Lipinski definition) is 0. The molecule has 2 aliphatic carbocycles. The van der Waals surface area contributed by atoms with Gasteiger partial charge in [0, 0.05) is 0 Å². The van der Waals surface area contributed by atoms with E-state index < -0.39 is 17.1 Å². The Labute approximate surface area is 75.0 Å². The first-order valence-corrected chi connectivity index (χ1v) is 7.11.